The molecule has 20 heavy (non-hydrogen) atoms. The highest BCUT2D eigenvalue weighted by Gasteiger charge is 2.22. The van der Waals surface area contributed by atoms with Crippen LogP contribution in [0, 0.1) is 5.82 Å². The van der Waals surface area contributed by atoms with Gasteiger partial charge in [-0.05, 0) is 38.1 Å². The van der Waals surface area contributed by atoms with Crippen LogP contribution in [0.1, 0.15) is 31.6 Å². The molecule has 0 saturated carbocycles. The molecular formula is C14H17FN4O. The van der Waals surface area contributed by atoms with Gasteiger partial charge in [0.2, 0.25) is 5.91 Å². The highest BCUT2D eigenvalue weighted by molar-refractivity contribution is 5.84. The van der Waals surface area contributed by atoms with E-state index in [1.165, 1.54) is 12.1 Å². The second kappa shape index (κ2) is 5.73. The van der Waals surface area contributed by atoms with E-state index in [1.54, 1.807) is 24.7 Å². The third-order valence-corrected chi connectivity index (χ3v) is 2.99. The van der Waals surface area contributed by atoms with Crippen LogP contribution >= 0.6 is 0 Å². The Kier molecular flexibility index (Phi) is 4.02. The van der Waals surface area contributed by atoms with Crippen LogP contribution in [0.25, 0.3) is 0 Å². The number of halogens is 1. The zero-order valence-electron chi connectivity index (χ0n) is 11.4. The molecule has 1 aromatic heterocycles. The molecule has 2 rings (SSSR count). The molecule has 0 fully saturated rings. The van der Waals surface area contributed by atoms with Gasteiger partial charge in [-0.15, -0.1) is 0 Å². The summed E-state index contributed by atoms with van der Waals surface area (Å²) in [6.07, 6.45) is 3.26. The maximum atomic E-state index is 12.9. The van der Waals surface area contributed by atoms with Gasteiger partial charge in [-0.1, -0.05) is 0 Å². The van der Waals surface area contributed by atoms with Gasteiger partial charge >= 0.3 is 0 Å². The molecule has 1 unspecified atom stereocenters. The van der Waals surface area contributed by atoms with E-state index in [-0.39, 0.29) is 11.9 Å². The lowest BCUT2D eigenvalue weighted by atomic mass is 10.1. The quantitative estimate of drug-likeness (QED) is 0.879. The van der Waals surface area contributed by atoms with Crippen molar-refractivity contribution in [2.45, 2.75) is 25.9 Å². The van der Waals surface area contributed by atoms with Crippen LogP contribution < -0.4 is 11.1 Å². The van der Waals surface area contributed by atoms with E-state index >= 15 is 0 Å². The summed E-state index contributed by atoms with van der Waals surface area (Å²) in [7, 11) is 0. The van der Waals surface area contributed by atoms with E-state index in [0.717, 1.165) is 0 Å². The number of carbonyl (C=O) groups excluding carboxylic acids is 1. The summed E-state index contributed by atoms with van der Waals surface area (Å²) in [6, 6.07) is 5.19. The molecule has 5 nitrogen and oxygen atoms in total. The van der Waals surface area contributed by atoms with E-state index in [4.69, 9.17) is 5.73 Å². The van der Waals surface area contributed by atoms with Gasteiger partial charge < -0.3 is 15.6 Å². The molecule has 0 spiro atoms. The van der Waals surface area contributed by atoms with Gasteiger partial charge in [-0.3, -0.25) is 4.79 Å². The number of rotatable bonds is 5. The predicted octanol–water partition coefficient (Wildman–Crippen LogP) is 2.24. The van der Waals surface area contributed by atoms with Crippen LogP contribution in [0.3, 0.4) is 0 Å². The first-order chi connectivity index (χ1) is 9.49. The summed E-state index contributed by atoms with van der Waals surface area (Å²) in [5, 5.41) is 3.00. The molecule has 1 amide bonds. The molecule has 1 heterocycles. The standard InChI is InChI=1S/C14H17FN4O/c1-9(2)19-8-17-7-12(19)13(14(16)20)18-11-5-3-10(15)4-6-11/h3-9,13,18H,1-2H3,(H2,16,20). The number of nitrogens with one attached hydrogen (secondary N) is 1. The minimum absolute atomic E-state index is 0.157. The summed E-state index contributed by atoms with van der Waals surface area (Å²) >= 11 is 0. The lowest BCUT2D eigenvalue weighted by Gasteiger charge is -2.20. The molecule has 0 aliphatic heterocycles. The van der Waals surface area contributed by atoms with Crippen molar-refractivity contribution >= 4 is 11.6 Å². The molecule has 6 heteroatoms. The van der Waals surface area contributed by atoms with Gasteiger partial charge in [0.25, 0.3) is 0 Å². The Balaban J connectivity index is 2.29. The van der Waals surface area contributed by atoms with E-state index in [9.17, 15) is 9.18 Å². The minimum Gasteiger partial charge on any atom is -0.369 e. The molecule has 0 radical (unpaired) electrons. The van der Waals surface area contributed by atoms with Gasteiger partial charge in [-0.2, -0.15) is 0 Å². The third-order valence-electron chi connectivity index (χ3n) is 2.99. The number of anilines is 1. The van der Waals surface area contributed by atoms with Gasteiger partial charge in [0.1, 0.15) is 11.9 Å². The van der Waals surface area contributed by atoms with Crippen LogP contribution in [0.4, 0.5) is 10.1 Å². The first-order valence-corrected chi connectivity index (χ1v) is 6.32. The highest BCUT2D eigenvalue weighted by Crippen LogP contribution is 2.22. The summed E-state index contributed by atoms with van der Waals surface area (Å²) in [5.74, 6) is -0.852. The number of amides is 1. The second-order valence-electron chi connectivity index (χ2n) is 4.81. The van der Waals surface area contributed by atoms with Crippen LogP contribution in [-0.2, 0) is 4.79 Å². The Morgan fingerprint density at radius 2 is 2.00 bits per heavy atom. The van der Waals surface area contributed by atoms with Crippen molar-refractivity contribution in [2.24, 2.45) is 5.73 Å². The van der Waals surface area contributed by atoms with Crippen LogP contribution in [0.5, 0.6) is 0 Å². The molecule has 0 saturated heterocycles. The molecule has 0 aliphatic carbocycles. The highest BCUT2D eigenvalue weighted by atomic mass is 19.1. The summed E-state index contributed by atoms with van der Waals surface area (Å²) in [4.78, 5) is 15.7. The topological polar surface area (TPSA) is 72.9 Å². The Labute approximate surface area is 116 Å². The average Bonchev–Trinajstić information content (AvgIpc) is 2.86. The van der Waals surface area contributed by atoms with Crippen LogP contribution in [0.15, 0.2) is 36.8 Å². The third kappa shape index (κ3) is 2.96. The lowest BCUT2D eigenvalue weighted by molar-refractivity contribution is -0.119. The number of hydrogen-bond acceptors (Lipinski definition) is 3. The number of primary amides is 1. The largest absolute Gasteiger partial charge is 0.369 e. The van der Waals surface area contributed by atoms with E-state index < -0.39 is 11.9 Å². The van der Waals surface area contributed by atoms with Crippen LogP contribution in [0.2, 0.25) is 0 Å². The van der Waals surface area contributed by atoms with E-state index in [1.807, 2.05) is 18.4 Å². The Hall–Kier alpha value is -2.37. The first-order valence-electron chi connectivity index (χ1n) is 6.32. The number of benzene rings is 1. The van der Waals surface area contributed by atoms with Gasteiger partial charge in [0, 0.05) is 11.7 Å². The monoisotopic (exact) mass is 276 g/mol. The van der Waals surface area contributed by atoms with Crippen molar-refractivity contribution in [3.05, 3.63) is 48.3 Å². The van der Waals surface area contributed by atoms with Crippen molar-refractivity contribution in [2.75, 3.05) is 5.32 Å². The molecule has 2 aromatic rings. The maximum absolute atomic E-state index is 12.9. The number of carbonyl (C=O) groups is 1. The zero-order valence-corrected chi connectivity index (χ0v) is 11.4. The molecule has 1 aromatic carbocycles. The summed E-state index contributed by atoms with van der Waals surface area (Å²) < 4.78 is 14.8. The van der Waals surface area contributed by atoms with Crippen molar-refractivity contribution in [3.63, 3.8) is 0 Å². The number of imidazole rings is 1. The fourth-order valence-corrected chi connectivity index (χ4v) is 1.97. The summed E-state index contributed by atoms with van der Waals surface area (Å²) in [5.41, 5.74) is 6.75. The van der Waals surface area contributed by atoms with Crippen molar-refractivity contribution < 1.29 is 9.18 Å². The fourth-order valence-electron chi connectivity index (χ4n) is 1.97. The smallest absolute Gasteiger partial charge is 0.246 e. The SMILES string of the molecule is CC(C)n1cncc1C(Nc1ccc(F)cc1)C(N)=O. The fraction of sp³-hybridized carbons (Fsp3) is 0.286. The Bertz CT molecular complexity index is 591. The van der Waals surface area contributed by atoms with Crippen molar-refractivity contribution in [1.82, 2.24) is 9.55 Å². The zero-order chi connectivity index (χ0) is 14.7. The number of nitrogens with zero attached hydrogens (tertiary/aromatic N) is 2. The second-order valence-corrected chi connectivity index (χ2v) is 4.81. The molecular weight excluding hydrogens is 259 g/mol. The van der Waals surface area contributed by atoms with Crippen molar-refractivity contribution in [1.29, 1.82) is 0 Å². The normalized spacial score (nSPS) is 12.4. The minimum atomic E-state index is -0.717. The maximum Gasteiger partial charge on any atom is 0.246 e. The molecule has 0 bridgehead atoms. The Morgan fingerprint density at radius 3 is 2.55 bits per heavy atom. The molecule has 0 aliphatic rings. The lowest BCUT2D eigenvalue weighted by Crippen LogP contribution is -2.30. The first kappa shape index (κ1) is 14.0. The molecule has 106 valence electrons. The van der Waals surface area contributed by atoms with E-state index in [0.29, 0.717) is 11.4 Å². The van der Waals surface area contributed by atoms with Crippen LogP contribution in [-0.4, -0.2) is 15.5 Å². The number of aromatic nitrogens is 2. The van der Waals surface area contributed by atoms with Gasteiger partial charge in [0.05, 0.1) is 18.2 Å². The number of hydrogen-bond donors (Lipinski definition) is 2. The van der Waals surface area contributed by atoms with E-state index in [2.05, 4.69) is 10.3 Å². The Morgan fingerprint density at radius 1 is 1.35 bits per heavy atom. The molecule has 3 N–H and O–H groups in total. The molecule has 1 atom stereocenters. The average molecular weight is 276 g/mol. The van der Waals surface area contributed by atoms with Gasteiger partial charge in [-0.25, -0.2) is 9.37 Å². The number of nitrogens with two attached hydrogens (primary N) is 1. The predicted molar refractivity (Wildman–Crippen MR) is 74.6 cm³/mol. The van der Waals surface area contributed by atoms with Gasteiger partial charge in [0.15, 0.2) is 0 Å². The summed E-state index contributed by atoms with van der Waals surface area (Å²) in [6.45, 7) is 3.97. The van der Waals surface area contributed by atoms with Crippen molar-refractivity contribution in [3.8, 4) is 0 Å².